The molecule has 1 aliphatic carbocycles. The predicted octanol–water partition coefficient (Wildman–Crippen LogP) is 3.78. The molecule has 0 bridgehead atoms. The number of ketones is 1. The zero-order valence-corrected chi connectivity index (χ0v) is 18.1. The number of carbonyl (C=O) groups excluding carboxylic acids is 2. The first-order chi connectivity index (χ1) is 14.5. The third-order valence-corrected chi connectivity index (χ3v) is 6.89. The molecular formula is C22H21N3O3S2. The third kappa shape index (κ3) is 4.55. The van der Waals surface area contributed by atoms with E-state index in [0.717, 1.165) is 35.4 Å². The minimum atomic E-state index is -0.258. The summed E-state index contributed by atoms with van der Waals surface area (Å²) in [5.74, 6) is -0.0218. The van der Waals surface area contributed by atoms with Gasteiger partial charge in [0.1, 0.15) is 5.03 Å². The Labute approximate surface area is 182 Å². The highest BCUT2D eigenvalue weighted by molar-refractivity contribution is 8.00. The van der Waals surface area contributed by atoms with Crippen LogP contribution in [0.15, 0.2) is 51.6 Å². The van der Waals surface area contributed by atoms with Gasteiger partial charge >= 0.3 is 5.69 Å². The molecule has 4 rings (SSSR count). The van der Waals surface area contributed by atoms with Crippen molar-refractivity contribution in [2.45, 2.75) is 37.8 Å². The van der Waals surface area contributed by atoms with Gasteiger partial charge in [0.05, 0.1) is 12.3 Å². The van der Waals surface area contributed by atoms with Crippen LogP contribution in [0, 0.1) is 0 Å². The van der Waals surface area contributed by atoms with Crippen molar-refractivity contribution < 1.29 is 9.59 Å². The number of thiophene rings is 1. The molecule has 2 heterocycles. The summed E-state index contributed by atoms with van der Waals surface area (Å²) >= 11 is 2.93. The number of aromatic nitrogens is 2. The van der Waals surface area contributed by atoms with E-state index < -0.39 is 0 Å². The Bertz CT molecular complexity index is 1140. The number of Topliss-reactive ketones (excluding diaryl/α,β-unsaturated/α-hetero) is 1. The summed E-state index contributed by atoms with van der Waals surface area (Å²) in [6, 6.07) is 10.8. The summed E-state index contributed by atoms with van der Waals surface area (Å²) < 4.78 is 1.77. The van der Waals surface area contributed by atoms with Gasteiger partial charge in [-0.3, -0.25) is 14.2 Å². The average molecular weight is 440 g/mol. The zero-order valence-electron chi connectivity index (χ0n) is 16.5. The van der Waals surface area contributed by atoms with Gasteiger partial charge in [0.25, 0.3) is 0 Å². The van der Waals surface area contributed by atoms with E-state index in [4.69, 9.17) is 0 Å². The Kier molecular flexibility index (Phi) is 6.15. The molecule has 0 atom stereocenters. The summed E-state index contributed by atoms with van der Waals surface area (Å²) in [4.78, 5) is 41.8. The van der Waals surface area contributed by atoms with Crippen molar-refractivity contribution in [2.24, 2.45) is 0 Å². The number of anilines is 1. The van der Waals surface area contributed by atoms with Crippen LogP contribution in [0.1, 0.15) is 39.8 Å². The van der Waals surface area contributed by atoms with Crippen molar-refractivity contribution in [2.75, 3.05) is 11.1 Å². The quantitative estimate of drug-likeness (QED) is 0.344. The SMILES string of the molecule is CC(=O)c1ccc(NC(=O)CSc2nc(=O)n(Cc3cccs3)c3c2CCC3)cc1. The lowest BCUT2D eigenvalue weighted by atomic mass is 10.1. The number of hydrogen-bond acceptors (Lipinski definition) is 6. The van der Waals surface area contributed by atoms with E-state index in [1.807, 2.05) is 17.5 Å². The van der Waals surface area contributed by atoms with Gasteiger partial charge in [-0.15, -0.1) is 11.3 Å². The number of rotatable bonds is 7. The third-order valence-electron chi connectivity index (χ3n) is 5.01. The summed E-state index contributed by atoms with van der Waals surface area (Å²) in [7, 11) is 0. The smallest absolute Gasteiger partial charge is 0.325 e. The van der Waals surface area contributed by atoms with Gasteiger partial charge in [-0.2, -0.15) is 4.98 Å². The number of hydrogen-bond donors (Lipinski definition) is 1. The van der Waals surface area contributed by atoms with Gasteiger partial charge in [0.15, 0.2) is 5.78 Å². The fraction of sp³-hybridized carbons (Fsp3) is 0.273. The van der Waals surface area contributed by atoms with Gasteiger partial charge in [-0.05, 0) is 61.9 Å². The first-order valence-electron chi connectivity index (χ1n) is 9.70. The van der Waals surface area contributed by atoms with Crippen molar-refractivity contribution in [3.63, 3.8) is 0 Å². The van der Waals surface area contributed by atoms with E-state index in [-0.39, 0.29) is 23.1 Å². The van der Waals surface area contributed by atoms with Gasteiger partial charge in [-0.1, -0.05) is 17.8 Å². The number of fused-ring (bicyclic) bond motifs is 1. The van der Waals surface area contributed by atoms with Crippen molar-refractivity contribution in [1.29, 1.82) is 0 Å². The summed E-state index contributed by atoms with van der Waals surface area (Å²) in [5.41, 5.74) is 3.12. The van der Waals surface area contributed by atoms with E-state index in [1.54, 1.807) is 40.2 Å². The van der Waals surface area contributed by atoms with Crippen LogP contribution < -0.4 is 11.0 Å². The van der Waals surface area contributed by atoms with Crippen LogP contribution in [-0.4, -0.2) is 27.0 Å². The van der Waals surface area contributed by atoms with Crippen molar-refractivity contribution in [1.82, 2.24) is 9.55 Å². The average Bonchev–Trinajstić information content (AvgIpc) is 3.41. The van der Waals surface area contributed by atoms with E-state index in [1.165, 1.54) is 18.7 Å². The molecular weight excluding hydrogens is 418 g/mol. The Balaban J connectivity index is 1.45. The number of carbonyl (C=O) groups is 2. The maximum Gasteiger partial charge on any atom is 0.349 e. The standard InChI is InChI=1S/C22H21N3O3S2/c1-14(26)15-7-9-16(10-8-15)23-20(27)13-30-21-18-5-2-6-19(18)25(22(28)24-21)12-17-4-3-11-29-17/h3-4,7-11H,2,5-6,12-13H2,1H3,(H,23,27). The molecule has 154 valence electrons. The molecule has 2 aromatic heterocycles. The maximum absolute atomic E-state index is 12.7. The van der Waals surface area contributed by atoms with Gasteiger partial charge < -0.3 is 5.32 Å². The van der Waals surface area contributed by atoms with Crippen LogP contribution in [0.3, 0.4) is 0 Å². The minimum absolute atomic E-state index is 0.0165. The number of nitrogens with zero attached hydrogens (tertiary/aromatic N) is 2. The first kappa shape index (κ1) is 20.6. The Morgan fingerprint density at radius 3 is 2.70 bits per heavy atom. The maximum atomic E-state index is 12.7. The lowest BCUT2D eigenvalue weighted by Gasteiger charge is -2.13. The zero-order chi connectivity index (χ0) is 21.1. The van der Waals surface area contributed by atoms with Crippen LogP contribution in [0.4, 0.5) is 5.69 Å². The highest BCUT2D eigenvalue weighted by Crippen LogP contribution is 2.29. The molecule has 1 aromatic carbocycles. The molecule has 0 aliphatic heterocycles. The van der Waals surface area contributed by atoms with Crippen LogP contribution >= 0.6 is 23.1 Å². The van der Waals surface area contributed by atoms with E-state index in [9.17, 15) is 14.4 Å². The molecule has 6 nitrogen and oxygen atoms in total. The number of benzene rings is 1. The summed E-state index contributed by atoms with van der Waals surface area (Å²) in [5, 5.41) is 5.49. The first-order valence-corrected chi connectivity index (χ1v) is 11.6. The molecule has 1 aliphatic rings. The Morgan fingerprint density at radius 2 is 2.00 bits per heavy atom. The van der Waals surface area contributed by atoms with Crippen LogP contribution in [0.5, 0.6) is 0 Å². The van der Waals surface area contributed by atoms with Crippen LogP contribution in [0.2, 0.25) is 0 Å². The molecule has 3 aromatic rings. The Morgan fingerprint density at radius 1 is 1.20 bits per heavy atom. The molecule has 0 saturated heterocycles. The molecule has 8 heteroatoms. The molecule has 0 spiro atoms. The summed E-state index contributed by atoms with van der Waals surface area (Å²) in [6.45, 7) is 2.05. The van der Waals surface area contributed by atoms with Gasteiger partial charge in [0.2, 0.25) is 5.91 Å². The van der Waals surface area contributed by atoms with Crippen LogP contribution in [0.25, 0.3) is 0 Å². The predicted molar refractivity (Wildman–Crippen MR) is 120 cm³/mol. The molecule has 30 heavy (non-hydrogen) atoms. The molecule has 0 fully saturated rings. The van der Waals surface area contributed by atoms with Crippen molar-refractivity contribution >= 4 is 40.5 Å². The van der Waals surface area contributed by atoms with Crippen molar-refractivity contribution in [3.8, 4) is 0 Å². The molecule has 1 N–H and O–H groups in total. The highest BCUT2D eigenvalue weighted by Gasteiger charge is 2.22. The van der Waals surface area contributed by atoms with Gasteiger partial charge in [0, 0.05) is 27.4 Å². The van der Waals surface area contributed by atoms with Gasteiger partial charge in [-0.25, -0.2) is 4.79 Å². The lowest BCUT2D eigenvalue weighted by Crippen LogP contribution is -2.27. The second kappa shape index (κ2) is 8.97. The van der Waals surface area contributed by atoms with E-state index in [2.05, 4.69) is 10.3 Å². The molecule has 0 unspecified atom stereocenters. The summed E-state index contributed by atoms with van der Waals surface area (Å²) in [6.07, 6.45) is 2.73. The number of amides is 1. The number of nitrogens with one attached hydrogen (secondary N) is 1. The molecule has 0 saturated carbocycles. The normalized spacial score (nSPS) is 12.6. The Hall–Kier alpha value is -2.71. The second-order valence-corrected chi connectivity index (χ2v) is 9.11. The molecule has 1 amide bonds. The largest absolute Gasteiger partial charge is 0.349 e. The van der Waals surface area contributed by atoms with Crippen molar-refractivity contribution in [3.05, 3.63) is 74.0 Å². The highest BCUT2D eigenvalue weighted by atomic mass is 32.2. The topological polar surface area (TPSA) is 81.1 Å². The van der Waals surface area contributed by atoms with Crippen LogP contribution in [-0.2, 0) is 24.2 Å². The monoisotopic (exact) mass is 439 g/mol. The minimum Gasteiger partial charge on any atom is -0.325 e. The molecule has 0 radical (unpaired) electrons. The fourth-order valence-corrected chi connectivity index (χ4v) is 5.12. The number of thioether (sulfide) groups is 1. The second-order valence-electron chi connectivity index (χ2n) is 7.11. The fourth-order valence-electron chi connectivity index (χ4n) is 3.55. The van der Waals surface area contributed by atoms with E-state index in [0.29, 0.717) is 22.8 Å². The van der Waals surface area contributed by atoms with E-state index >= 15 is 0 Å². The lowest BCUT2D eigenvalue weighted by molar-refractivity contribution is -0.113.